The molecule has 162 valence electrons. The van der Waals surface area contributed by atoms with Crippen LogP contribution in [0.1, 0.15) is 30.9 Å². The number of aromatic nitrogens is 3. The van der Waals surface area contributed by atoms with Gasteiger partial charge in [-0.05, 0) is 38.3 Å². The number of hydrogen-bond acceptors (Lipinski definition) is 5. The fourth-order valence-corrected chi connectivity index (χ4v) is 2.66. The molecule has 0 spiro atoms. The van der Waals surface area contributed by atoms with Gasteiger partial charge in [0.25, 0.3) is 0 Å². The van der Waals surface area contributed by atoms with Crippen LogP contribution in [0, 0.1) is 6.92 Å². The topological polar surface area (TPSA) is 85.6 Å². The van der Waals surface area contributed by atoms with E-state index in [1.165, 1.54) is 5.56 Å². The molecule has 1 aromatic carbocycles. The maximum Gasteiger partial charge on any atom is 0.191 e. The molecule has 0 unspecified atom stereocenters. The van der Waals surface area contributed by atoms with E-state index in [-0.39, 0.29) is 24.0 Å². The number of halogens is 1. The van der Waals surface area contributed by atoms with E-state index in [2.05, 4.69) is 50.9 Å². The maximum atomic E-state index is 5.90. The maximum absolute atomic E-state index is 5.90. The standard InChI is InChI=1S/C20H32N6O2.HI/c1-4-27-11-12-28-19-13-17(2)7-8-18(19)14-23-20(21-3)22-9-5-6-10-26-15-24-25-16-26;/h7-8,13,15-16H,4-6,9-12,14H2,1-3H3,(H2,21,22,23);1H. The quantitative estimate of drug-likeness (QED) is 0.195. The van der Waals surface area contributed by atoms with Crippen molar-refractivity contribution in [3.05, 3.63) is 42.0 Å². The average molecular weight is 516 g/mol. The molecule has 1 heterocycles. The summed E-state index contributed by atoms with van der Waals surface area (Å²) in [5, 5.41) is 14.3. The molecule has 0 aliphatic rings. The third-order valence-electron chi connectivity index (χ3n) is 4.18. The van der Waals surface area contributed by atoms with Crippen LogP contribution in [0.2, 0.25) is 0 Å². The zero-order valence-corrected chi connectivity index (χ0v) is 19.9. The minimum Gasteiger partial charge on any atom is -0.491 e. The number of rotatable bonds is 12. The fraction of sp³-hybridized carbons (Fsp3) is 0.550. The lowest BCUT2D eigenvalue weighted by Crippen LogP contribution is -2.37. The van der Waals surface area contributed by atoms with Crippen LogP contribution in [0.15, 0.2) is 35.8 Å². The van der Waals surface area contributed by atoms with Gasteiger partial charge in [0.1, 0.15) is 25.0 Å². The summed E-state index contributed by atoms with van der Waals surface area (Å²) in [5.41, 5.74) is 2.27. The summed E-state index contributed by atoms with van der Waals surface area (Å²) >= 11 is 0. The van der Waals surface area contributed by atoms with Crippen LogP contribution in [0.25, 0.3) is 0 Å². The van der Waals surface area contributed by atoms with Gasteiger partial charge < -0.3 is 24.7 Å². The van der Waals surface area contributed by atoms with Crippen LogP contribution < -0.4 is 15.4 Å². The second-order valence-electron chi connectivity index (χ2n) is 6.42. The second-order valence-corrected chi connectivity index (χ2v) is 6.42. The molecule has 0 saturated heterocycles. The summed E-state index contributed by atoms with van der Waals surface area (Å²) in [7, 11) is 1.78. The number of guanidine groups is 1. The zero-order chi connectivity index (χ0) is 20.0. The Bertz CT molecular complexity index is 709. The van der Waals surface area contributed by atoms with Crippen LogP contribution in [0.4, 0.5) is 0 Å². The molecule has 29 heavy (non-hydrogen) atoms. The lowest BCUT2D eigenvalue weighted by molar-refractivity contribution is 0.110. The monoisotopic (exact) mass is 516 g/mol. The number of aliphatic imine (C=N–C) groups is 1. The highest BCUT2D eigenvalue weighted by molar-refractivity contribution is 14.0. The molecular weight excluding hydrogens is 483 g/mol. The molecule has 0 aliphatic heterocycles. The van der Waals surface area contributed by atoms with E-state index in [9.17, 15) is 0 Å². The van der Waals surface area contributed by atoms with E-state index >= 15 is 0 Å². The fourth-order valence-electron chi connectivity index (χ4n) is 2.66. The number of nitrogens with zero attached hydrogens (tertiary/aromatic N) is 4. The van der Waals surface area contributed by atoms with Crippen LogP contribution >= 0.6 is 24.0 Å². The normalized spacial score (nSPS) is 11.1. The van der Waals surface area contributed by atoms with Gasteiger partial charge in [-0.3, -0.25) is 4.99 Å². The Kier molecular flexibility index (Phi) is 13.0. The second kappa shape index (κ2) is 15.0. The average Bonchev–Trinajstić information content (AvgIpc) is 3.22. The summed E-state index contributed by atoms with van der Waals surface area (Å²) in [6.45, 7) is 8.30. The van der Waals surface area contributed by atoms with Crippen LogP contribution in [0.3, 0.4) is 0 Å². The smallest absolute Gasteiger partial charge is 0.191 e. The number of unbranched alkanes of at least 4 members (excludes halogenated alkanes) is 1. The van der Waals surface area contributed by atoms with Gasteiger partial charge in [-0.25, -0.2) is 0 Å². The number of aryl methyl sites for hydroxylation is 2. The SMILES string of the molecule is CCOCCOc1cc(C)ccc1CNC(=NC)NCCCCn1cnnc1.I. The van der Waals surface area contributed by atoms with Crippen molar-refractivity contribution >= 4 is 29.9 Å². The minimum atomic E-state index is 0. The number of benzene rings is 1. The van der Waals surface area contributed by atoms with Crippen LogP contribution in [0.5, 0.6) is 5.75 Å². The zero-order valence-electron chi connectivity index (χ0n) is 17.6. The van der Waals surface area contributed by atoms with Gasteiger partial charge in [0.05, 0.1) is 6.61 Å². The summed E-state index contributed by atoms with van der Waals surface area (Å²) < 4.78 is 13.2. The molecule has 2 rings (SSSR count). The predicted octanol–water partition coefficient (Wildman–Crippen LogP) is 2.77. The molecule has 0 aliphatic carbocycles. The van der Waals surface area contributed by atoms with Crippen molar-refractivity contribution in [3.8, 4) is 5.75 Å². The Hall–Kier alpha value is -1.88. The Morgan fingerprint density at radius 3 is 2.66 bits per heavy atom. The summed E-state index contributed by atoms with van der Waals surface area (Å²) in [4.78, 5) is 4.29. The van der Waals surface area contributed by atoms with Gasteiger partial charge in [-0.15, -0.1) is 34.2 Å². The molecule has 0 bridgehead atoms. The molecule has 0 saturated carbocycles. The van der Waals surface area contributed by atoms with Crippen molar-refractivity contribution in [2.45, 2.75) is 39.8 Å². The van der Waals surface area contributed by atoms with Crippen molar-refractivity contribution in [2.24, 2.45) is 4.99 Å². The molecule has 2 N–H and O–H groups in total. The minimum absolute atomic E-state index is 0. The Labute approximate surface area is 190 Å². The number of ether oxygens (including phenoxy) is 2. The number of hydrogen-bond donors (Lipinski definition) is 2. The van der Waals surface area contributed by atoms with Crippen molar-refractivity contribution in [3.63, 3.8) is 0 Å². The molecule has 0 radical (unpaired) electrons. The third-order valence-corrected chi connectivity index (χ3v) is 4.18. The molecule has 0 fully saturated rings. The first-order chi connectivity index (χ1) is 13.7. The van der Waals surface area contributed by atoms with E-state index in [0.717, 1.165) is 43.2 Å². The predicted molar refractivity (Wildman–Crippen MR) is 126 cm³/mol. The van der Waals surface area contributed by atoms with Crippen molar-refractivity contribution < 1.29 is 9.47 Å². The van der Waals surface area contributed by atoms with Gasteiger partial charge in [0.2, 0.25) is 0 Å². The Morgan fingerprint density at radius 1 is 1.14 bits per heavy atom. The highest BCUT2D eigenvalue weighted by Crippen LogP contribution is 2.20. The summed E-state index contributed by atoms with van der Waals surface area (Å²) in [6, 6.07) is 6.24. The number of nitrogens with one attached hydrogen (secondary N) is 2. The molecule has 0 atom stereocenters. The lowest BCUT2D eigenvalue weighted by Gasteiger charge is -2.15. The summed E-state index contributed by atoms with van der Waals surface area (Å²) in [6.07, 6.45) is 5.57. The van der Waals surface area contributed by atoms with E-state index < -0.39 is 0 Å². The molecule has 0 amide bonds. The first-order valence-corrected chi connectivity index (χ1v) is 9.80. The molecule has 2 aromatic rings. The van der Waals surface area contributed by atoms with Crippen molar-refractivity contribution in [1.82, 2.24) is 25.4 Å². The molecular formula is C20H33IN6O2. The van der Waals surface area contributed by atoms with Gasteiger partial charge in [0.15, 0.2) is 5.96 Å². The van der Waals surface area contributed by atoms with Gasteiger partial charge in [-0.1, -0.05) is 12.1 Å². The lowest BCUT2D eigenvalue weighted by atomic mass is 10.1. The van der Waals surface area contributed by atoms with Gasteiger partial charge in [-0.2, -0.15) is 0 Å². The first kappa shape index (κ1) is 25.2. The van der Waals surface area contributed by atoms with Crippen LogP contribution in [-0.2, 0) is 17.8 Å². The van der Waals surface area contributed by atoms with Gasteiger partial charge in [0, 0.05) is 38.9 Å². The van der Waals surface area contributed by atoms with Crippen molar-refractivity contribution in [1.29, 1.82) is 0 Å². The molecule has 1 aromatic heterocycles. The van der Waals surface area contributed by atoms with E-state index in [1.807, 2.05) is 11.5 Å². The molecule has 8 nitrogen and oxygen atoms in total. The van der Waals surface area contributed by atoms with Crippen LogP contribution in [-0.4, -0.2) is 54.1 Å². The highest BCUT2D eigenvalue weighted by Gasteiger charge is 2.06. The largest absolute Gasteiger partial charge is 0.491 e. The Morgan fingerprint density at radius 2 is 1.93 bits per heavy atom. The highest BCUT2D eigenvalue weighted by atomic mass is 127. The van der Waals surface area contributed by atoms with Gasteiger partial charge >= 0.3 is 0 Å². The first-order valence-electron chi connectivity index (χ1n) is 9.80. The molecule has 9 heteroatoms. The summed E-state index contributed by atoms with van der Waals surface area (Å²) in [5.74, 6) is 1.67. The van der Waals surface area contributed by atoms with Crippen molar-refractivity contribution in [2.75, 3.05) is 33.4 Å². The Balaban J connectivity index is 0.00000420. The van der Waals surface area contributed by atoms with E-state index in [0.29, 0.717) is 26.4 Å². The van der Waals surface area contributed by atoms with E-state index in [4.69, 9.17) is 9.47 Å². The van der Waals surface area contributed by atoms with E-state index in [1.54, 1.807) is 19.7 Å². The third kappa shape index (κ3) is 9.93.